The predicted octanol–water partition coefficient (Wildman–Crippen LogP) is 5.31. The van der Waals surface area contributed by atoms with Crippen LogP contribution >= 0.6 is 15.9 Å². The zero-order chi connectivity index (χ0) is 12.3. The Hall–Kier alpha value is -0.300. The van der Waals surface area contributed by atoms with Crippen molar-refractivity contribution in [2.24, 2.45) is 5.92 Å². The molecule has 1 aromatic rings. The Morgan fingerprint density at radius 3 is 2.35 bits per heavy atom. The molecule has 0 heterocycles. The predicted molar refractivity (Wildman–Crippen MR) is 78.9 cm³/mol. The fourth-order valence-electron chi connectivity index (χ4n) is 2.73. The molecule has 2 unspecified atom stereocenters. The lowest BCUT2D eigenvalue weighted by Gasteiger charge is -2.27. The highest BCUT2D eigenvalue weighted by Crippen LogP contribution is 2.32. The Balaban J connectivity index is 1.98. The summed E-state index contributed by atoms with van der Waals surface area (Å²) in [6, 6.07) is 9.24. The van der Waals surface area contributed by atoms with Gasteiger partial charge < -0.3 is 0 Å². The highest BCUT2D eigenvalue weighted by atomic mass is 79.9. The van der Waals surface area contributed by atoms with Gasteiger partial charge in [0.15, 0.2) is 0 Å². The van der Waals surface area contributed by atoms with Gasteiger partial charge >= 0.3 is 0 Å². The molecule has 0 nitrogen and oxygen atoms in total. The summed E-state index contributed by atoms with van der Waals surface area (Å²) in [7, 11) is 0. The first-order chi connectivity index (χ1) is 8.16. The minimum Gasteiger partial charge on any atom is -0.0888 e. The molecule has 0 radical (unpaired) electrons. The first-order valence-corrected chi connectivity index (χ1v) is 7.81. The van der Waals surface area contributed by atoms with Gasteiger partial charge in [-0.15, -0.1) is 0 Å². The Morgan fingerprint density at radius 2 is 1.76 bits per heavy atom. The van der Waals surface area contributed by atoms with Crippen molar-refractivity contribution in [3.8, 4) is 0 Å². The van der Waals surface area contributed by atoms with E-state index < -0.39 is 0 Å². The van der Waals surface area contributed by atoms with Crippen LogP contribution in [0.25, 0.3) is 0 Å². The third-order valence-corrected chi connectivity index (χ3v) is 5.17. The van der Waals surface area contributed by atoms with Crippen LogP contribution in [-0.2, 0) is 6.42 Å². The van der Waals surface area contributed by atoms with Crippen molar-refractivity contribution in [3.05, 3.63) is 35.4 Å². The van der Waals surface area contributed by atoms with Crippen molar-refractivity contribution in [2.75, 3.05) is 0 Å². The summed E-state index contributed by atoms with van der Waals surface area (Å²) in [4.78, 5) is 0.737. The molecular formula is C16H23Br. The molecule has 1 heteroatoms. The van der Waals surface area contributed by atoms with Crippen LogP contribution in [0.15, 0.2) is 24.3 Å². The minimum absolute atomic E-state index is 0.641. The summed E-state index contributed by atoms with van der Waals surface area (Å²) in [5.74, 6) is 1.48. The van der Waals surface area contributed by atoms with Gasteiger partial charge in [0, 0.05) is 4.83 Å². The Morgan fingerprint density at radius 1 is 1.12 bits per heavy atom. The van der Waals surface area contributed by atoms with Crippen LogP contribution in [0.5, 0.6) is 0 Å². The maximum atomic E-state index is 3.85. The van der Waals surface area contributed by atoms with E-state index in [0.717, 1.165) is 10.7 Å². The van der Waals surface area contributed by atoms with Crippen molar-refractivity contribution in [3.63, 3.8) is 0 Å². The molecule has 0 saturated heterocycles. The molecular weight excluding hydrogens is 272 g/mol. The first kappa shape index (κ1) is 13.1. The molecule has 1 saturated carbocycles. The van der Waals surface area contributed by atoms with Gasteiger partial charge in [-0.25, -0.2) is 0 Å². The smallest absolute Gasteiger partial charge is 0.0177 e. The molecule has 17 heavy (non-hydrogen) atoms. The number of halogens is 1. The molecule has 1 aliphatic carbocycles. The molecule has 0 amide bonds. The average Bonchev–Trinajstić information content (AvgIpc) is 2.33. The highest BCUT2D eigenvalue weighted by Gasteiger charge is 2.22. The summed E-state index contributed by atoms with van der Waals surface area (Å²) in [5, 5.41) is 0. The Labute approximate surface area is 114 Å². The lowest BCUT2D eigenvalue weighted by atomic mass is 9.84. The second-order valence-corrected chi connectivity index (χ2v) is 6.84. The zero-order valence-electron chi connectivity index (χ0n) is 11.0. The SMILES string of the molecule is CC(C)c1ccc(CC2CCCCC2Br)cc1. The van der Waals surface area contributed by atoms with Crippen LogP contribution in [-0.4, -0.2) is 4.83 Å². The fraction of sp³-hybridized carbons (Fsp3) is 0.625. The molecule has 2 rings (SSSR count). The number of benzene rings is 1. The molecule has 1 aliphatic rings. The van der Waals surface area contributed by atoms with E-state index in [-0.39, 0.29) is 0 Å². The normalized spacial score (nSPS) is 25.2. The van der Waals surface area contributed by atoms with E-state index in [2.05, 4.69) is 54.0 Å². The van der Waals surface area contributed by atoms with E-state index >= 15 is 0 Å². The van der Waals surface area contributed by atoms with Crippen molar-refractivity contribution >= 4 is 15.9 Å². The average molecular weight is 295 g/mol. The molecule has 1 fully saturated rings. The molecule has 0 N–H and O–H groups in total. The van der Waals surface area contributed by atoms with Gasteiger partial charge in [-0.1, -0.05) is 66.9 Å². The minimum atomic E-state index is 0.641. The molecule has 2 atom stereocenters. The molecule has 0 bridgehead atoms. The van der Waals surface area contributed by atoms with Crippen LogP contribution in [0.3, 0.4) is 0 Å². The molecule has 1 aromatic carbocycles. The van der Waals surface area contributed by atoms with Gasteiger partial charge in [-0.05, 0) is 42.2 Å². The van der Waals surface area contributed by atoms with Crippen LogP contribution in [0.2, 0.25) is 0 Å². The van der Waals surface area contributed by atoms with Crippen molar-refractivity contribution < 1.29 is 0 Å². The van der Waals surface area contributed by atoms with Crippen molar-refractivity contribution in [1.29, 1.82) is 0 Å². The molecule has 0 aliphatic heterocycles. The summed E-state index contributed by atoms with van der Waals surface area (Å²) in [6.07, 6.45) is 6.81. The van der Waals surface area contributed by atoms with E-state index in [1.54, 1.807) is 0 Å². The monoisotopic (exact) mass is 294 g/mol. The van der Waals surface area contributed by atoms with E-state index in [1.165, 1.54) is 43.2 Å². The van der Waals surface area contributed by atoms with Crippen LogP contribution < -0.4 is 0 Å². The Bertz CT molecular complexity index is 339. The van der Waals surface area contributed by atoms with E-state index in [4.69, 9.17) is 0 Å². The fourth-order valence-corrected chi connectivity index (χ4v) is 3.51. The topological polar surface area (TPSA) is 0 Å². The third-order valence-electron chi connectivity index (χ3n) is 3.96. The van der Waals surface area contributed by atoms with E-state index in [0.29, 0.717) is 5.92 Å². The third kappa shape index (κ3) is 3.58. The summed E-state index contributed by atoms with van der Waals surface area (Å²) in [6.45, 7) is 4.51. The van der Waals surface area contributed by atoms with Gasteiger partial charge in [0.25, 0.3) is 0 Å². The van der Waals surface area contributed by atoms with Gasteiger partial charge in [0.05, 0.1) is 0 Å². The van der Waals surface area contributed by atoms with Gasteiger partial charge in [0.2, 0.25) is 0 Å². The van der Waals surface area contributed by atoms with Gasteiger partial charge in [-0.3, -0.25) is 0 Å². The molecule has 0 aromatic heterocycles. The summed E-state index contributed by atoms with van der Waals surface area (Å²) in [5.41, 5.74) is 2.96. The number of alkyl halides is 1. The molecule has 0 spiro atoms. The zero-order valence-corrected chi connectivity index (χ0v) is 12.5. The number of rotatable bonds is 3. The maximum Gasteiger partial charge on any atom is 0.0177 e. The first-order valence-electron chi connectivity index (χ1n) is 6.89. The highest BCUT2D eigenvalue weighted by molar-refractivity contribution is 9.09. The summed E-state index contributed by atoms with van der Waals surface area (Å²) >= 11 is 3.85. The quantitative estimate of drug-likeness (QED) is 0.663. The van der Waals surface area contributed by atoms with Crippen molar-refractivity contribution in [2.45, 2.75) is 56.7 Å². The van der Waals surface area contributed by atoms with E-state index in [1.807, 2.05) is 0 Å². The maximum absolute atomic E-state index is 3.85. The number of hydrogen-bond donors (Lipinski definition) is 0. The van der Waals surface area contributed by atoms with Gasteiger partial charge in [0.1, 0.15) is 0 Å². The summed E-state index contributed by atoms with van der Waals surface area (Å²) < 4.78 is 0. The lowest BCUT2D eigenvalue weighted by molar-refractivity contribution is 0.373. The van der Waals surface area contributed by atoms with Crippen LogP contribution in [0.4, 0.5) is 0 Å². The number of hydrogen-bond acceptors (Lipinski definition) is 0. The van der Waals surface area contributed by atoms with Gasteiger partial charge in [-0.2, -0.15) is 0 Å². The van der Waals surface area contributed by atoms with Crippen LogP contribution in [0.1, 0.15) is 56.6 Å². The van der Waals surface area contributed by atoms with Crippen molar-refractivity contribution in [1.82, 2.24) is 0 Å². The molecule has 94 valence electrons. The second kappa shape index (κ2) is 6.04. The van der Waals surface area contributed by atoms with E-state index in [9.17, 15) is 0 Å². The lowest BCUT2D eigenvalue weighted by Crippen LogP contribution is -2.21. The largest absolute Gasteiger partial charge is 0.0888 e. The van der Waals surface area contributed by atoms with Crippen LogP contribution in [0, 0.1) is 5.92 Å². The second-order valence-electron chi connectivity index (χ2n) is 5.66. The Kier molecular flexibility index (Phi) is 4.67. The standard InChI is InChI=1S/C16H23Br/c1-12(2)14-9-7-13(8-10-14)11-15-5-3-4-6-16(15)17/h7-10,12,15-16H,3-6,11H2,1-2H3.